The van der Waals surface area contributed by atoms with Gasteiger partial charge in [0, 0.05) is 23.7 Å². The molecule has 0 aromatic rings. The summed E-state index contributed by atoms with van der Waals surface area (Å²) in [4.78, 5) is 47.6. The Morgan fingerprint density at radius 1 is 0.902 bits per heavy atom. The lowest BCUT2D eigenvalue weighted by Crippen LogP contribution is -2.39. The minimum Gasteiger partial charge on any atom is -0.458 e. The third-order valence-electron chi connectivity index (χ3n) is 10.7. The van der Waals surface area contributed by atoms with Gasteiger partial charge in [0.15, 0.2) is 0 Å². The van der Waals surface area contributed by atoms with Crippen LogP contribution in [0.5, 0.6) is 0 Å². The first-order valence-electron chi connectivity index (χ1n) is 14.1. The van der Waals surface area contributed by atoms with E-state index < -0.39 is 5.41 Å². The summed E-state index contributed by atoms with van der Waals surface area (Å²) >= 11 is 0. The van der Waals surface area contributed by atoms with E-state index in [0.717, 1.165) is 32.1 Å². The molecule has 11 atom stereocenters. The molecule has 41 heavy (non-hydrogen) atoms. The van der Waals surface area contributed by atoms with Crippen molar-refractivity contribution in [3.05, 3.63) is 0 Å². The highest BCUT2D eigenvalue weighted by atomic mass is 16.6. The molecule has 4 bridgehead atoms. The average molecular weight is 583 g/mol. The first kappa shape index (κ1) is 36.9. The van der Waals surface area contributed by atoms with Gasteiger partial charge in [0.05, 0.1) is 23.2 Å². The monoisotopic (exact) mass is 582 g/mol. The summed E-state index contributed by atoms with van der Waals surface area (Å²) in [5.41, 5.74) is -0.462. The van der Waals surface area contributed by atoms with E-state index in [1.165, 1.54) is 0 Å². The Kier molecular flexibility index (Phi) is 11.4. The van der Waals surface area contributed by atoms with Crippen molar-refractivity contribution in [2.45, 2.75) is 135 Å². The number of hydrogen-bond donors (Lipinski definition) is 0. The number of ether oxygens (including phenoxy) is 4. The average Bonchev–Trinajstić information content (AvgIpc) is 3.62. The van der Waals surface area contributed by atoms with E-state index in [0.29, 0.717) is 11.8 Å². The summed E-state index contributed by atoms with van der Waals surface area (Å²) in [6.45, 7) is 14.0. The van der Waals surface area contributed by atoms with Gasteiger partial charge in [-0.2, -0.15) is 0 Å². The fraction of sp³-hybridized carbons (Fsp3) is 0.879. The van der Waals surface area contributed by atoms with E-state index in [1.807, 2.05) is 34.6 Å². The Hall–Kier alpha value is -2.12. The number of esters is 4. The van der Waals surface area contributed by atoms with Gasteiger partial charge in [-0.3, -0.25) is 19.2 Å². The Balaban J connectivity index is 0.000000377. The second-order valence-electron chi connectivity index (χ2n) is 13.4. The van der Waals surface area contributed by atoms with Crippen molar-refractivity contribution in [2.75, 3.05) is 0 Å². The van der Waals surface area contributed by atoms with Crippen LogP contribution in [0.3, 0.4) is 0 Å². The Labute approximate surface area is 249 Å². The summed E-state index contributed by atoms with van der Waals surface area (Å²) in [7, 11) is 0. The maximum Gasteiger partial charge on any atom is 0.311 e. The summed E-state index contributed by atoms with van der Waals surface area (Å²) in [6.07, 6.45) is 3.35. The highest BCUT2D eigenvalue weighted by Gasteiger charge is 2.71. The molecule has 238 valence electrons. The van der Waals surface area contributed by atoms with Gasteiger partial charge in [-0.25, -0.2) is 0 Å². The van der Waals surface area contributed by atoms with E-state index in [9.17, 15) is 19.2 Å². The molecule has 0 spiro atoms. The van der Waals surface area contributed by atoms with Crippen molar-refractivity contribution in [3.8, 4) is 0 Å². The summed E-state index contributed by atoms with van der Waals surface area (Å²) in [5.74, 6) is 0.648. The Morgan fingerprint density at radius 3 is 2.07 bits per heavy atom. The summed E-state index contributed by atoms with van der Waals surface area (Å²) in [5, 5.41) is 0. The van der Waals surface area contributed by atoms with Crippen LogP contribution < -0.4 is 0 Å². The lowest BCUT2D eigenvalue weighted by molar-refractivity contribution is -0.170. The van der Waals surface area contributed by atoms with Crippen LogP contribution in [-0.4, -0.2) is 48.3 Å². The van der Waals surface area contributed by atoms with Crippen molar-refractivity contribution in [3.63, 3.8) is 0 Å². The minimum absolute atomic E-state index is 0. The number of hydrogen-bond acceptors (Lipinski definition) is 8. The van der Waals surface area contributed by atoms with Crippen molar-refractivity contribution in [1.82, 2.24) is 0 Å². The second-order valence-corrected chi connectivity index (χ2v) is 13.4. The fourth-order valence-corrected chi connectivity index (χ4v) is 7.80. The van der Waals surface area contributed by atoms with Crippen LogP contribution >= 0.6 is 0 Å². The van der Waals surface area contributed by atoms with E-state index in [-0.39, 0.29) is 113 Å². The maximum atomic E-state index is 12.3. The van der Waals surface area contributed by atoms with Crippen molar-refractivity contribution >= 4 is 23.9 Å². The molecular weight excluding hydrogens is 524 g/mol. The van der Waals surface area contributed by atoms with Gasteiger partial charge in [-0.1, -0.05) is 64.3 Å². The molecule has 0 N–H and O–H groups in total. The molecule has 8 heteroatoms. The van der Waals surface area contributed by atoms with E-state index in [4.69, 9.17) is 18.9 Å². The molecule has 6 fully saturated rings. The first-order chi connectivity index (χ1) is 17.3. The SMILES string of the molecule is C.C.C.C.CCC(C)(C)C(=O)OC1C2OC(=O)C3CC1C(C)(C)C32.CCC(C)C(=O)OC1C2CC3C(=O)OC1C3C2. The van der Waals surface area contributed by atoms with Crippen LogP contribution in [0.2, 0.25) is 0 Å². The zero-order valence-electron chi connectivity index (χ0n) is 23.2. The molecule has 2 saturated heterocycles. The predicted octanol–water partition coefficient (Wildman–Crippen LogP) is 6.62. The molecule has 6 aliphatic rings. The molecule has 2 aliphatic heterocycles. The highest BCUT2D eigenvalue weighted by molar-refractivity contribution is 5.79. The van der Waals surface area contributed by atoms with Crippen LogP contribution in [0.15, 0.2) is 0 Å². The van der Waals surface area contributed by atoms with Gasteiger partial charge in [-0.15, -0.1) is 0 Å². The highest BCUT2D eigenvalue weighted by Crippen LogP contribution is 2.65. The lowest BCUT2D eigenvalue weighted by Gasteiger charge is -2.30. The van der Waals surface area contributed by atoms with Crippen LogP contribution in [0, 0.1) is 52.3 Å². The van der Waals surface area contributed by atoms with Gasteiger partial charge >= 0.3 is 23.9 Å². The third-order valence-corrected chi connectivity index (χ3v) is 10.7. The summed E-state index contributed by atoms with van der Waals surface area (Å²) < 4.78 is 22.2. The molecule has 0 amide bonds. The van der Waals surface area contributed by atoms with E-state index >= 15 is 0 Å². The first-order valence-corrected chi connectivity index (χ1v) is 14.1. The normalized spacial score (nSPS) is 38.0. The molecule has 11 unspecified atom stereocenters. The van der Waals surface area contributed by atoms with Gasteiger partial charge < -0.3 is 18.9 Å². The zero-order chi connectivity index (χ0) is 27.0. The van der Waals surface area contributed by atoms with Crippen LogP contribution in [0.1, 0.15) is 110 Å². The molecule has 4 aliphatic carbocycles. The standard InChI is InChI=1S/C16H24O4.C13H18O4.4CH4/c1-6-15(2,3)14(18)20-11-9-7-8-10(16(9,4)5)12(11)19-13(8)17;1-3-6(2)12(14)16-10-7-4-8-9(5-7)13(15)17-11(8)10;;;;/h8-12H,6-7H2,1-5H3;6-11H,3-5H2,1-2H3;4*1H4. The molecule has 2 heterocycles. The van der Waals surface area contributed by atoms with Crippen LogP contribution in [-0.2, 0) is 38.1 Å². The van der Waals surface area contributed by atoms with Crippen LogP contribution in [0.4, 0.5) is 0 Å². The van der Waals surface area contributed by atoms with Crippen molar-refractivity contribution < 1.29 is 38.1 Å². The maximum absolute atomic E-state index is 12.3. The number of carbonyl (C=O) groups excluding carboxylic acids is 4. The zero-order valence-corrected chi connectivity index (χ0v) is 23.2. The smallest absolute Gasteiger partial charge is 0.311 e. The number of rotatable bonds is 6. The quantitative estimate of drug-likeness (QED) is 0.254. The molecule has 0 radical (unpaired) electrons. The van der Waals surface area contributed by atoms with Gasteiger partial charge in [0.2, 0.25) is 0 Å². The summed E-state index contributed by atoms with van der Waals surface area (Å²) in [6, 6.07) is 0. The molecular formula is C33H58O8. The van der Waals surface area contributed by atoms with E-state index in [2.05, 4.69) is 13.8 Å². The Morgan fingerprint density at radius 2 is 1.49 bits per heavy atom. The van der Waals surface area contributed by atoms with Crippen LogP contribution in [0.25, 0.3) is 0 Å². The van der Waals surface area contributed by atoms with Gasteiger partial charge in [0.25, 0.3) is 0 Å². The predicted molar refractivity (Wildman–Crippen MR) is 159 cm³/mol. The van der Waals surface area contributed by atoms with E-state index in [1.54, 1.807) is 0 Å². The number of fused-ring (bicyclic) bond motifs is 2. The van der Waals surface area contributed by atoms with Crippen molar-refractivity contribution in [2.24, 2.45) is 52.3 Å². The molecule has 4 saturated carbocycles. The largest absolute Gasteiger partial charge is 0.458 e. The number of carbonyl (C=O) groups is 4. The van der Waals surface area contributed by atoms with Gasteiger partial charge in [0.1, 0.15) is 24.4 Å². The molecule has 6 rings (SSSR count). The third kappa shape index (κ3) is 5.65. The lowest BCUT2D eigenvalue weighted by atomic mass is 9.80. The topological polar surface area (TPSA) is 105 Å². The Bertz CT molecular complexity index is 986. The minimum atomic E-state index is -0.478. The molecule has 0 aromatic carbocycles. The fourth-order valence-electron chi connectivity index (χ4n) is 7.80. The molecule has 8 nitrogen and oxygen atoms in total. The second kappa shape index (κ2) is 12.6. The molecule has 0 aromatic heterocycles. The van der Waals surface area contributed by atoms with Crippen molar-refractivity contribution in [1.29, 1.82) is 0 Å². The van der Waals surface area contributed by atoms with Gasteiger partial charge in [-0.05, 0) is 51.4 Å².